The van der Waals surface area contributed by atoms with E-state index in [0.29, 0.717) is 12.0 Å². The predicted molar refractivity (Wildman–Crippen MR) is 109 cm³/mol. The van der Waals surface area contributed by atoms with E-state index in [1.165, 1.54) is 12.8 Å². The third kappa shape index (κ3) is 7.48. The van der Waals surface area contributed by atoms with Crippen molar-refractivity contribution in [3.8, 4) is 0 Å². The maximum atomic E-state index is 12.2. The average Bonchev–Trinajstić information content (AvgIpc) is 2.68. The summed E-state index contributed by atoms with van der Waals surface area (Å²) in [6.07, 6.45) is 5.50. The Morgan fingerprint density at radius 2 is 1.52 bits per heavy atom. The zero-order valence-electron chi connectivity index (χ0n) is 15.9. The second kappa shape index (κ2) is 12.9. The van der Waals surface area contributed by atoms with Gasteiger partial charge in [-0.25, -0.2) is 0 Å². The Bertz CT molecular complexity index is 438. The van der Waals surface area contributed by atoms with Crippen LogP contribution in [0, 0.1) is 11.8 Å². The molecule has 0 aliphatic carbocycles. The number of aldehydes is 1. The molecule has 1 atom stereocenters. The number of rotatable bonds is 6. The van der Waals surface area contributed by atoms with Crippen molar-refractivity contribution in [2.45, 2.75) is 38.1 Å². The number of hydrogen-bond donors (Lipinski definition) is 2. The van der Waals surface area contributed by atoms with Crippen LogP contribution in [0.2, 0.25) is 0 Å². The molecule has 3 saturated heterocycles. The van der Waals surface area contributed by atoms with Gasteiger partial charge in [-0.15, -0.1) is 29.9 Å². The molecule has 27 heavy (non-hydrogen) atoms. The Labute approximate surface area is 174 Å². The molecule has 0 bridgehead atoms. The van der Waals surface area contributed by atoms with Gasteiger partial charge in [0.25, 0.3) is 0 Å². The van der Waals surface area contributed by atoms with Gasteiger partial charge >= 0.3 is 5.97 Å². The van der Waals surface area contributed by atoms with Crippen LogP contribution in [0.3, 0.4) is 0 Å². The van der Waals surface area contributed by atoms with E-state index in [1.54, 1.807) is 5.06 Å². The third-order valence-corrected chi connectivity index (χ3v) is 5.90. The third-order valence-electron chi connectivity index (χ3n) is 5.90. The normalized spacial score (nSPS) is 24.3. The summed E-state index contributed by atoms with van der Waals surface area (Å²) in [5, 5.41) is 8.48. The number of nitrogens with one attached hydrogen (secondary N) is 2. The van der Waals surface area contributed by atoms with E-state index in [0.717, 1.165) is 71.5 Å². The lowest BCUT2D eigenvalue weighted by molar-refractivity contribution is -0.200. The Morgan fingerprint density at radius 1 is 0.963 bits per heavy atom. The molecule has 0 amide bonds. The van der Waals surface area contributed by atoms with E-state index in [-0.39, 0.29) is 43.1 Å². The van der Waals surface area contributed by atoms with E-state index in [9.17, 15) is 9.59 Å². The van der Waals surface area contributed by atoms with Gasteiger partial charge in [0.1, 0.15) is 6.29 Å². The minimum atomic E-state index is -0.258. The van der Waals surface area contributed by atoms with E-state index < -0.39 is 0 Å². The minimum Gasteiger partial charge on any atom is -0.368 e. The maximum Gasteiger partial charge on any atom is 0.325 e. The van der Waals surface area contributed by atoms with Crippen molar-refractivity contribution >= 4 is 37.1 Å². The largest absolute Gasteiger partial charge is 0.368 e. The number of halogens is 2. The number of hydroxylamine groups is 2. The highest BCUT2D eigenvalue weighted by Crippen LogP contribution is 2.24. The van der Waals surface area contributed by atoms with E-state index in [4.69, 9.17) is 4.84 Å². The topological polar surface area (TPSA) is 73.9 Å². The van der Waals surface area contributed by atoms with Crippen molar-refractivity contribution in [1.29, 1.82) is 0 Å². The van der Waals surface area contributed by atoms with Gasteiger partial charge < -0.3 is 20.3 Å². The summed E-state index contributed by atoms with van der Waals surface area (Å²) in [5.41, 5.74) is 0. The minimum absolute atomic E-state index is 0. The van der Waals surface area contributed by atoms with Crippen LogP contribution in [0.25, 0.3) is 0 Å². The summed E-state index contributed by atoms with van der Waals surface area (Å²) in [6, 6.07) is 0.665. The van der Waals surface area contributed by atoms with Crippen LogP contribution in [0.5, 0.6) is 0 Å². The molecule has 3 rings (SSSR count). The fraction of sp³-hybridized carbons (Fsp3) is 0.889. The van der Waals surface area contributed by atoms with Crippen molar-refractivity contribution in [2.75, 3.05) is 52.4 Å². The fourth-order valence-corrected chi connectivity index (χ4v) is 4.30. The lowest BCUT2D eigenvalue weighted by atomic mass is 9.84. The maximum absolute atomic E-state index is 12.2. The van der Waals surface area contributed by atoms with Crippen LogP contribution in [0.4, 0.5) is 0 Å². The number of hydrogen-bond acceptors (Lipinski definition) is 7. The van der Waals surface area contributed by atoms with Crippen LogP contribution in [0.15, 0.2) is 0 Å². The molecule has 3 fully saturated rings. The summed E-state index contributed by atoms with van der Waals surface area (Å²) in [4.78, 5) is 31.7. The molecule has 2 N–H and O–H groups in total. The lowest BCUT2D eigenvalue weighted by Gasteiger charge is -2.40. The number of carbonyl (C=O) groups excluding carboxylic acids is 2. The molecular weight excluding hydrogens is 391 g/mol. The van der Waals surface area contributed by atoms with Crippen LogP contribution >= 0.6 is 24.8 Å². The van der Waals surface area contributed by atoms with Crippen molar-refractivity contribution in [3.63, 3.8) is 0 Å². The Kier molecular flexibility index (Phi) is 11.8. The van der Waals surface area contributed by atoms with Crippen molar-refractivity contribution in [1.82, 2.24) is 20.6 Å². The quantitative estimate of drug-likeness (QED) is 0.612. The highest BCUT2D eigenvalue weighted by atomic mass is 35.5. The zero-order valence-corrected chi connectivity index (χ0v) is 17.6. The molecule has 0 aromatic rings. The SMILES string of the molecule is Cl.Cl.O=CC(CC(=O)ON1CCN(C2CCNCC2)CC1)C1CCNCC1. The molecule has 0 saturated carbocycles. The van der Waals surface area contributed by atoms with Gasteiger partial charge in [-0.2, -0.15) is 0 Å². The van der Waals surface area contributed by atoms with Gasteiger partial charge in [-0.05, 0) is 57.8 Å². The first-order chi connectivity index (χ1) is 12.3. The van der Waals surface area contributed by atoms with Gasteiger partial charge in [0.2, 0.25) is 0 Å². The number of carbonyl (C=O) groups is 2. The Balaban J connectivity index is 0.00000182. The zero-order chi connectivity index (χ0) is 17.5. The molecule has 3 aliphatic rings. The molecule has 9 heteroatoms. The van der Waals surface area contributed by atoms with Crippen molar-refractivity contribution in [2.24, 2.45) is 11.8 Å². The molecule has 0 spiro atoms. The van der Waals surface area contributed by atoms with E-state index in [1.807, 2.05) is 0 Å². The molecule has 0 radical (unpaired) electrons. The summed E-state index contributed by atoms with van der Waals surface area (Å²) in [5.74, 6) is -0.153. The van der Waals surface area contributed by atoms with Gasteiger partial charge in [0, 0.05) is 38.1 Å². The van der Waals surface area contributed by atoms with Gasteiger partial charge in [0.05, 0.1) is 6.42 Å². The smallest absolute Gasteiger partial charge is 0.325 e. The van der Waals surface area contributed by atoms with Gasteiger partial charge in [-0.3, -0.25) is 9.69 Å². The second-order valence-electron chi connectivity index (χ2n) is 7.50. The van der Waals surface area contributed by atoms with Crippen LogP contribution in [-0.2, 0) is 14.4 Å². The molecule has 3 heterocycles. The lowest BCUT2D eigenvalue weighted by Crippen LogP contribution is -2.53. The highest BCUT2D eigenvalue weighted by molar-refractivity contribution is 5.85. The van der Waals surface area contributed by atoms with Crippen LogP contribution < -0.4 is 10.6 Å². The molecular formula is C18H34Cl2N4O3. The Hall–Kier alpha value is -0.440. The summed E-state index contributed by atoms with van der Waals surface area (Å²) < 4.78 is 0. The van der Waals surface area contributed by atoms with Gasteiger partial charge in [-0.1, -0.05) is 0 Å². The predicted octanol–water partition coefficient (Wildman–Crippen LogP) is 0.863. The number of piperidine rings is 2. The summed E-state index contributed by atoms with van der Waals surface area (Å²) in [6.45, 7) is 7.48. The molecule has 158 valence electrons. The monoisotopic (exact) mass is 424 g/mol. The van der Waals surface area contributed by atoms with Crippen LogP contribution in [0.1, 0.15) is 32.1 Å². The second-order valence-corrected chi connectivity index (χ2v) is 7.50. The first kappa shape index (κ1) is 24.6. The summed E-state index contributed by atoms with van der Waals surface area (Å²) >= 11 is 0. The fourth-order valence-electron chi connectivity index (χ4n) is 4.30. The first-order valence-corrected chi connectivity index (χ1v) is 9.83. The van der Waals surface area contributed by atoms with Crippen LogP contribution in [-0.4, -0.2) is 80.6 Å². The molecule has 0 aromatic heterocycles. The molecule has 7 nitrogen and oxygen atoms in total. The van der Waals surface area contributed by atoms with Crippen molar-refractivity contribution < 1.29 is 14.4 Å². The van der Waals surface area contributed by atoms with E-state index in [2.05, 4.69) is 15.5 Å². The number of piperazine rings is 1. The molecule has 1 unspecified atom stereocenters. The molecule has 0 aromatic carbocycles. The highest BCUT2D eigenvalue weighted by Gasteiger charge is 2.29. The van der Waals surface area contributed by atoms with Crippen molar-refractivity contribution in [3.05, 3.63) is 0 Å². The number of nitrogens with zero attached hydrogens (tertiary/aromatic N) is 2. The van der Waals surface area contributed by atoms with E-state index >= 15 is 0 Å². The average molecular weight is 425 g/mol. The Morgan fingerprint density at radius 3 is 2.07 bits per heavy atom. The standard InChI is InChI=1S/C18H32N4O3.2ClH/c23-14-16(15-1-5-19-6-2-15)13-18(24)25-22-11-9-21(10-12-22)17-3-7-20-8-4-17;;/h14-17,19-20H,1-13H2;2*1H. The summed E-state index contributed by atoms with van der Waals surface area (Å²) in [7, 11) is 0. The molecule has 3 aliphatic heterocycles. The van der Waals surface area contributed by atoms with Gasteiger partial charge in [0.15, 0.2) is 0 Å². The first-order valence-electron chi connectivity index (χ1n) is 9.83.